The van der Waals surface area contributed by atoms with Crippen LogP contribution in [0.3, 0.4) is 0 Å². The summed E-state index contributed by atoms with van der Waals surface area (Å²) in [5, 5.41) is 10.6. The fourth-order valence-electron chi connectivity index (χ4n) is 3.20. The molecule has 2 saturated heterocycles. The Hall–Kier alpha value is -0.360. The molecule has 2 unspecified atom stereocenters. The van der Waals surface area contributed by atoms with E-state index >= 15 is 0 Å². The van der Waals surface area contributed by atoms with Gasteiger partial charge in [0, 0.05) is 25.4 Å². The smallest absolute Gasteiger partial charge is 0.174 e. The monoisotopic (exact) mass is 330 g/mol. The number of rotatable bonds is 2. The van der Waals surface area contributed by atoms with E-state index in [9.17, 15) is 5.11 Å². The Morgan fingerprint density at radius 2 is 2.11 bits per heavy atom. The van der Waals surface area contributed by atoms with Crippen molar-refractivity contribution in [3.63, 3.8) is 0 Å². The molecule has 2 atom stereocenters. The average Bonchev–Trinajstić information content (AvgIpc) is 2.85. The summed E-state index contributed by atoms with van der Waals surface area (Å²) >= 11 is 3.34. The van der Waals surface area contributed by atoms with E-state index in [-0.39, 0.29) is 11.5 Å². The Morgan fingerprint density at radius 3 is 2.79 bits per heavy atom. The first kappa shape index (κ1) is 13.6. The van der Waals surface area contributed by atoms with Gasteiger partial charge in [0.15, 0.2) is 4.67 Å². The first-order valence-corrected chi connectivity index (χ1v) is 7.62. The van der Waals surface area contributed by atoms with Crippen molar-refractivity contribution in [2.75, 3.05) is 19.8 Å². The zero-order valence-electron chi connectivity index (χ0n) is 10.8. The molecule has 0 amide bonds. The molecule has 0 bridgehead atoms. The van der Waals surface area contributed by atoms with E-state index in [1.165, 1.54) is 0 Å². The highest BCUT2D eigenvalue weighted by Gasteiger charge is 2.41. The number of hydrogen-bond acceptors (Lipinski definition) is 4. The summed E-state index contributed by atoms with van der Waals surface area (Å²) in [6.45, 7) is 2.24. The van der Waals surface area contributed by atoms with Crippen LogP contribution in [0, 0.1) is 5.92 Å². The second kappa shape index (κ2) is 5.56. The summed E-state index contributed by atoms with van der Waals surface area (Å²) in [6, 6.07) is 1.83. The molecule has 1 aromatic rings. The number of aliphatic hydroxyl groups excluding tert-OH is 1. The van der Waals surface area contributed by atoms with Gasteiger partial charge >= 0.3 is 0 Å². The van der Waals surface area contributed by atoms with Crippen LogP contribution in [0.4, 0.5) is 0 Å². The first-order valence-electron chi connectivity index (χ1n) is 6.83. The van der Waals surface area contributed by atoms with Gasteiger partial charge in [0.1, 0.15) is 0 Å². The highest BCUT2D eigenvalue weighted by atomic mass is 79.9. The molecular formula is C14H19BrO4. The van der Waals surface area contributed by atoms with Crippen molar-refractivity contribution in [1.29, 1.82) is 0 Å². The predicted octanol–water partition coefficient (Wildman–Crippen LogP) is 3.05. The maximum absolute atomic E-state index is 10.6. The molecule has 1 spiro atoms. The van der Waals surface area contributed by atoms with E-state index < -0.39 is 6.10 Å². The normalized spacial score (nSPS) is 28.4. The van der Waals surface area contributed by atoms with Gasteiger partial charge in [-0.1, -0.05) is 0 Å². The molecule has 2 aliphatic heterocycles. The van der Waals surface area contributed by atoms with Crippen LogP contribution in [0.2, 0.25) is 0 Å². The molecule has 4 nitrogen and oxygen atoms in total. The van der Waals surface area contributed by atoms with Crippen LogP contribution in [-0.4, -0.2) is 30.5 Å². The van der Waals surface area contributed by atoms with Crippen molar-refractivity contribution < 1.29 is 19.0 Å². The largest absolute Gasteiger partial charge is 0.457 e. The van der Waals surface area contributed by atoms with E-state index in [0.717, 1.165) is 51.1 Å². The molecule has 3 rings (SSSR count). The molecule has 1 aromatic heterocycles. The number of hydrogen-bond donors (Lipinski definition) is 1. The summed E-state index contributed by atoms with van der Waals surface area (Å²) in [4.78, 5) is 0. The van der Waals surface area contributed by atoms with Gasteiger partial charge in [0.05, 0.1) is 18.0 Å². The van der Waals surface area contributed by atoms with Gasteiger partial charge in [-0.2, -0.15) is 0 Å². The topological polar surface area (TPSA) is 51.8 Å². The molecule has 0 saturated carbocycles. The van der Waals surface area contributed by atoms with E-state index in [0.29, 0.717) is 4.67 Å². The Morgan fingerprint density at radius 1 is 1.32 bits per heavy atom. The van der Waals surface area contributed by atoms with E-state index in [1.54, 1.807) is 6.26 Å². The SMILES string of the molecule is OC(c1ccoc1Br)C1CCOC2(CCOCC2)C1. The van der Waals surface area contributed by atoms with E-state index in [1.807, 2.05) is 6.07 Å². The molecule has 0 aromatic carbocycles. The minimum Gasteiger partial charge on any atom is -0.457 e. The maximum atomic E-state index is 10.6. The van der Waals surface area contributed by atoms with Crippen LogP contribution in [0.25, 0.3) is 0 Å². The van der Waals surface area contributed by atoms with Crippen LogP contribution in [-0.2, 0) is 9.47 Å². The second-order valence-electron chi connectivity index (χ2n) is 5.49. The van der Waals surface area contributed by atoms with Crippen LogP contribution >= 0.6 is 15.9 Å². The number of aliphatic hydroxyl groups is 1. The van der Waals surface area contributed by atoms with Crippen molar-refractivity contribution in [2.24, 2.45) is 5.92 Å². The van der Waals surface area contributed by atoms with E-state index in [4.69, 9.17) is 13.9 Å². The average molecular weight is 331 g/mol. The zero-order valence-corrected chi connectivity index (χ0v) is 12.4. The molecule has 0 aliphatic carbocycles. The van der Waals surface area contributed by atoms with Crippen molar-refractivity contribution >= 4 is 15.9 Å². The molecular weight excluding hydrogens is 312 g/mol. The molecule has 3 heterocycles. The third-order valence-electron chi connectivity index (χ3n) is 4.35. The lowest BCUT2D eigenvalue weighted by Crippen LogP contribution is -2.45. The van der Waals surface area contributed by atoms with Crippen molar-refractivity contribution in [1.82, 2.24) is 0 Å². The van der Waals surface area contributed by atoms with Crippen LogP contribution in [0.5, 0.6) is 0 Å². The van der Waals surface area contributed by atoms with Gasteiger partial charge in [0.2, 0.25) is 0 Å². The summed E-state index contributed by atoms with van der Waals surface area (Å²) in [6.07, 6.45) is 4.77. The standard InChI is InChI=1S/C14H19BrO4/c15-13-11(2-5-18-13)12(16)10-1-6-19-14(9-10)3-7-17-8-4-14/h2,5,10,12,16H,1,3-4,6-9H2. The lowest BCUT2D eigenvalue weighted by Gasteiger charge is -2.44. The van der Waals surface area contributed by atoms with Crippen LogP contribution < -0.4 is 0 Å². The lowest BCUT2D eigenvalue weighted by atomic mass is 9.77. The van der Waals surface area contributed by atoms with Gasteiger partial charge in [-0.3, -0.25) is 0 Å². The fraction of sp³-hybridized carbons (Fsp3) is 0.714. The summed E-state index contributed by atoms with van der Waals surface area (Å²) in [5.74, 6) is 0.223. The highest BCUT2D eigenvalue weighted by Crippen LogP contribution is 2.43. The molecule has 0 radical (unpaired) electrons. The summed E-state index contributed by atoms with van der Waals surface area (Å²) in [5.41, 5.74) is 0.757. The fourth-order valence-corrected chi connectivity index (χ4v) is 3.67. The van der Waals surface area contributed by atoms with Gasteiger partial charge in [0.25, 0.3) is 0 Å². The Balaban J connectivity index is 1.72. The van der Waals surface area contributed by atoms with Crippen molar-refractivity contribution in [3.8, 4) is 0 Å². The first-order chi connectivity index (χ1) is 9.20. The van der Waals surface area contributed by atoms with E-state index in [2.05, 4.69) is 15.9 Å². The Kier molecular flexibility index (Phi) is 3.98. The summed E-state index contributed by atoms with van der Waals surface area (Å²) in [7, 11) is 0. The van der Waals surface area contributed by atoms with Gasteiger partial charge < -0.3 is 19.0 Å². The van der Waals surface area contributed by atoms with Gasteiger partial charge in [-0.25, -0.2) is 0 Å². The number of ether oxygens (including phenoxy) is 2. The zero-order chi connectivity index (χ0) is 13.3. The third kappa shape index (κ3) is 2.75. The van der Waals surface area contributed by atoms with Crippen LogP contribution in [0.1, 0.15) is 37.4 Å². The maximum Gasteiger partial charge on any atom is 0.174 e. The highest BCUT2D eigenvalue weighted by molar-refractivity contribution is 9.10. The van der Waals surface area contributed by atoms with Crippen LogP contribution in [0.15, 0.2) is 21.4 Å². The Bertz CT molecular complexity index is 419. The molecule has 2 aliphatic rings. The minimum absolute atomic E-state index is 0.0850. The number of halogens is 1. The minimum atomic E-state index is -0.489. The second-order valence-corrected chi connectivity index (χ2v) is 6.21. The number of furan rings is 1. The Labute approximate surface area is 121 Å². The van der Waals surface area contributed by atoms with Gasteiger partial charge in [-0.05, 0) is 53.6 Å². The van der Waals surface area contributed by atoms with Crippen molar-refractivity contribution in [3.05, 3.63) is 22.6 Å². The lowest BCUT2D eigenvalue weighted by molar-refractivity contribution is -0.159. The molecule has 2 fully saturated rings. The van der Waals surface area contributed by atoms with Gasteiger partial charge in [-0.15, -0.1) is 0 Å². The molecule has 1 N–H and O–H groups in total. The predicted molar refractivity (Wildman–Crippen MR) is 72.8 cm³/mol. The molecule has 5 heteroatoms. The molecule has 19 heavy (non-hydrogen) atoms. The third-order valence-corrected chi connectivity index (χ3v) is 4.99. The molecule has 106 valence electrons. The quantitative estimate of drug-likeness (QED) is 0.905. The summed E-state index contributed by atoms with van der Waals surface area (Å²) < 4.78 is 17.3. The van der Waals surface area contributed by atoms with Crippen molar-refractivity contribution in [2.45, 2.75) is 37.4 Å².